The average molecular weight is 385 g/mol. The van der Waals surface area contributed by atoms with E-state index < -0.39 is 0 Å². The zero-order valence-corrected chi connectivity index (χ0v) is 15.8. The van der Waals surface area contributed by atoms with Crippen LogP contribution in [0.1, 0.15) is 0 Å². The molecule has 0 unspecified atom stereocenters. The Morgan fingerprint density at radius 1 is 1.00 bits per heavy atom. The number of hydrogen-bond acceptors (Lipinski definition) is 4. The molecule has 0 aliphatic carbocycles. The van der Waals surface area contributed by atoms with Crippen molar-refractivity contribution >= 4 is 22.4 Å². The number of nitrogens with zero attached hydrogens (tertiary/aromatic N) is 2. The first-order valence-electron chi connectivity index (χ1n) is 9.14. The molecule has 29 heavy (non-hydrogen) atoms. The lowest BCUT2D eigenvalue weighted by Gasteiger charge is -2.10. The molecule has 6 heteroatoms. The molecule has 0 saturated heterocycles. The second-order valence-corrected chi connectivity index (χ2v) is 6.52. The molecular weight excluding hydrogens is 366 g/mol. The summed E-state index contributed by atoms with van der Waals surface area (Å²) >= 11 is 0. The molecule has 1 aromatic heterocycles. The van der Waals surface area contributed by atoms with Gasteiger partial charge in [-0.2, -0.15) is 5.10 Å². The van der Waals surface area contributed by atoms with E-state index >= 15 is 0 Å². The van der Waals surface area contributed by atoms with Gasteiger partial charge in [0, 0.05) is 23.4 Å². The number of ether oxygens (including phenoxy) is 1. The summed E-state index contributed by atoms with van der Waals surface area (Å²) in [6.45, 7) is -0.186. The van der Waals surface area contributed by atoms with Crippen LogP contribution in [0.2, 0.25) is 0 Å². The van der Waals surface area contributed by atoms with Crippen LogP contribution < -0.4 is 15.6 Å². The Balaban J connectivity index is 1.62. The van der Waals surface area contributed by atoms with Crippen molar-refractivity contribution in [2.75, 3.05) is 12.4 Å². The third-order valence-electron chi connectivity index (χ3n) is 4.58. The van der Waals surface area contributed by atoms with Gasteiger partial charge in [-0.3, -0.25) is 9.59 Å². The minimum Gasteiger partial charge on any atom is -0.497 e. The van der Waals surface area contributed by atoms with E-state index in [0.29, 0.717) is 17.1 Å². The molecule has 4 rings (SSSR count). The van der Waals surface area contributed by atoms with E-state index in [4.69, 9.17) is 4.74 Å². The number of nitrogens with one attached hydrogen (secondary N) is 1. The van der Waals surface area contributed by atoms with Gasteiger partial charge in [-0.1, -0.05) is 48.5 Å². The van der Waals surface area contributed by atoms with Gasteiger partial charge < -0.3 is 10.1 Å². The van der Waals surface area contributed by atoms with E-state index in [-0.39, 0.29) is 18.0 Å². The number of carbonyl (C=O) groups is 1. The smallest absolute Gasteiger partial charge is 0.267 e. The molecule has 4 aromatic rings. The fraction of sp³-hybridized carbons (Fsp3) is 0.0870. The van der Waals surface area contributed by atoms with Gasteiger partial charge in [-0.05, 0) is 29.0 Å². The number of aromatic nitrogens is 2. The minimum absolute atomic E-state index is 0.186. The Labute approximate surface area is 167 Å². The van der Waals surface area contributed by atoms with E-state index in [1.807, 2.05) is 42.5 Å². The number of rotatable bonds is 5. The highest BCUT2D eigenvalue weighted by Crippen LogP contribution is 2.26. The molecule has 0 radical (unpaired) electrons. The molecule has 0 aliphatic rings. The number of carbonyl (C=O) groups excluding carboxylic acids is 1. The van der Waals surface area contributed by atoms with E-state index in [0.717, 1.165) is 16.3 Å². The van der Waals surface area contributed by atoms with Crippen molar-refractivity contribution in [3.8, 4) is 17.0 Å². The number of fused-ring (bicyclic) bond motifs is 1. The third kappa shape index (κ3) is 4.01. The lowest BCUT2D eigenvalue weighted by molar-refractivity contribution is -0.117. The van der Waals surface area contributed by atoms with Gasteiger partial charge in [0.15, 0.2) is 0 Å². The second-order valence-electron chi connectivity index (χ2n) is 6.52. The lowest BCUT2D eigenvalue weighted by Crippen LogP contribution is -2.29. The fourth-order valence-corrected chi connectivity index (χ4v) is 3.19. The van der Waals surface area contributed by atoms with Gasteiger partial charge in [0.2, 0.25) is 5.91 Å². The Morgan fingerprint density at radius 2 is 1.79 bits per heavy atom. The topological polar surface area (TPSA) is 73.2 Å². The van der Waals surface area contributed by atoms with Crippen molar-refractivity contribution in [3.05, 3.63) is 89.2 Å². The first-order valence-corrected chi connectivity index (χ1v) is 9.14. The molecule has 0 bridgehead atoms. The summed E-state index contributed by atoms with van der Waals surface area (Å²) in [5, 5.41) is 9.31. The molecule has 144 valence electrons. The second kappa shape index (κ2) is 7.98. The lowest BCUT2D eigenvalue weighted by atomic mass is 10.0. The number of anilines is 1. The Hall–Kier alpha value is -3.93. The molecule has 1 amide bonds. The molecule has 1 heterocycles. The summed E-state index contributed by atoms with van der Waals surface area (Å²) in [6.07, 6.45) is 0. The molecular formula is C23H19N3O3. The third-order valence-corrected chi connectivity index (χ3v) is 4.58. The summed E-state index contributed by atoms with van der Waals surface area (Å²) < 4.78 is 6.33. The summed E-state index contributed by atoms with van der Waals surface area (Å²) in [4.78, 5) is 24.7. The number of hydrogen-bond donors (Lipinski definition) is 1. The zero-order chi connectivity index (χ0) is 20.2. The molecule has 0 atom stereocenters. The highest BCUT2D eigenvalue weighted by Gasteiger charge is 2.10. The van der Waals surface area contributed by atoms with Crippen molar-refractivity contribution in [1.82, 2.24) is 9.78 Å². The van der Waals surface area contributed by atoms with Crippen LogP contribution in [0.3, 0.4) is 0 Å². The van der Waals surface area contributed by atoms with Crippen LogP contribution in [-0.2, 0) is 11.3 Å². The molecule has 1 N–H and O–H groups in total. The largest absolute Gasteiger partial charge is 0.497 e. The van der Waals surface area contributed by atoms with E-state index in [1.54, 1.807) is 37.4 Å². The van der Waals surface area contributed by atoms with Gasteiger partial charge in [0.1, 0.15) is 12.3 Å². The van der Waals surface area contributed by atoms with Gasteiger partial charge >= 0.3 is 0 Å². The number of methoxy groups -OCH3 is 1. The summed E-state index contributed by atoms with van der Waals surface area (Å²) in [7, 11) is 1.56. The molecule has 0 aliphatic heterocycles. The summed E-state index contributed by atoms with van der Waals surface area (Å²) in [6, 6.07) is 24.0. The summed E-state index contributed by atoms with van der Waals surface area (Å²) in [5.41, 5.74) is 1.79. The standard InChI is InChI=1S/C23H19N3O3/c1-29-18-9-5-8-17(14-18)24-22(27)15-26-23(28)13-12-21(25-26)20-11-4-7-16-6-2-3-10-19(16)20/h2-14H,15H2,1H3,(H,24,27). The van der Waals surface area contributed by atoms with Gasteiger partial charge in [-0.25, -0.2) is 4.68 Å². The van der Waals surface area contributed by atoms with Crippen LogP contribution in [-0.4, -0.2) is 22.8 Å². The maximum Gasteiger partial charge on any atom is 0.267 e. The minimum atomic E-state index is -0.345. The Morgan fingerprint density at radius 3 is 2.66 bits per heavy atom. The SMILES string of the molecule is COc1cccc(NC(=O)Cn2nc(-c3cccc4ccccc34)ccc2=O)c1. The Kier molecular flexibility index (Phi) is 5.07. The maximum absolute atomic E-state index is 12.4. The first kappa shape index (κ1) is 18.4. The molecule has 0 saturated carbocycles. The maximum atomic E-state index is 12.4. The van der Waals surface area contributed by atoms with Crippen LogP contribution >= 0.6 is 0 Å². The highest BCUT2D eigenvalue weighted by molar-refractivity contribution is 5.95. The van der Waals surface area contributed by atoms with Crippen molar-refractivity contribution < 1.29 is 9.53 Å². The van der Waals surface area contributed by atoms with Crippen molar-refractivity contribution in [3.63, 3.8) is 0 Å². The normalized spacial score (nSPS) is 10.7. The molecule has 6 nitrogen and oxygen atoms in total. The van der Waals surface area contributed by atoms with E-state index in [9.17, 15) is 9.59 Å². The van der Waals surface area contributed by atoms with Crippen LogP contribution in [0.4, 0.5) is 5.69 Å². The van der Waals surface area contributed by atoms with Crippen LogP contribution in [0.5, 0.6) is 5.75 Å². The van der Waals surface area contributed by atoms with Crippen LogP contribution in [0, 0.1) is 0 Å². The van der Waals surface area contributed by atoms with Gasteiger partial charge in [-0.15, -0.1) is 0 Å². The number of benzene rings is 3. The number of amides is 1. The van der Waals surface area contributed by atoms with E-state index in [2.05, 4.69) is 10.4 Å². The van der Waals surface area contributed by atoms with Crippen LogP contribution in [0.25, 0.3) is 22.0 Å². The predicted octanol–water partition coefficient (Wildman–Crippen LogP) is 3.71. The molecule has 3 aromatic carbocycles. The fourth-order valence-electron chi connectivity index (χ4n) is 3.19. The first-order chi connectivity index (χ1) is 14.1. The Bertz CT molecular complexity index is 1240. The monoisotopic (exact) mass is 385 g/mol. The van der Waals surface area contributed by atoms with Gasteiger partial charge in [0.05, 0.1) is 12.8 Å². The van der Waals surface area contributed by atoms with Crippen molar-refractivity contribution in [1.29, 1.82) is 0 Å². The molecule has 0 spiro atoms. The van der Waals surface area contributed by atoms with E-state index in [1.165, 1.54) is 10.7 Å². The summed E-state index contributed by atoms with van der Waals surface area (Å²) in [5.74, 6) is 0.291. The zero-order valence-electron chi connectivity index (χ0n) is 15.8. The molecule has 0 fully saturated rings. The quantitative estimate of drug-likeness (QED) is 0.568. The van der Waals surface area contributed by atoms with Crippen molar-refractivity contribution in [2.24, 2.45) is 0 Å². The van der Waals surface area contributed by atoms with Crippen molar-refractivity contribution in [2.45, 2.75) is 6.54 Å². The average Bonchev–Trinajstić information content (AvgIpc) is 2.75. The van der Waals surface area contributed by atoms with Crippen LogP contribution in [0.15, 0.2) is 83.7 Å². The predicted molar refractivity (Wildman–Crippen MR) is 113 cm³/mol. The van der Waals surface area contributed by atoms with Gasteiger partial charge in [0.25, 0.3) is 5.56 Å². The highest BCUT2D eigenvalue weighted by atomic mass is 16.5.